The highest BCUT2D eigenvalue weighted by Crippen LogP contribution is 2.29. The van der Waals surface area contributed by atoms with Crippen LogP contribution in [0.15, 0.2) is 6.07 Å². The van der Waals surface area contributed by atoms with E-state index < -0.39 is 0 Å². The molecule has 0 saturated heterocycles. The van der Waals surface area contributed by atoms with Crippen LogP contribution in [0.25, 0.3) is 0 Å². The second kappa shape index (κ2) is 4.68. The maximum absolute atomic E-state index is 4.52. The lowest BCUT2D eigenvalue weighted by Crippen LogP contribution is -2.09. The molecule has 2 rings (SSSR count). The summed E-state index contributed by atoms with van der Waals surface area (Å²) in [5.74, 6) is 3.93. The molecule has 1 saturated carbocycles. The van der Waals surface area contributed by atoms with Crippen LogP contribution in [0.3, 0.4) is 0 Å². The lowest BCUT2D eigenvalue weighted by Gasteiger charge is -2.11. The Labute approximate surface area is 96.9 Å². The van der Waals surface area contributed by atoms with Gasteiger partial charge < -0.3 is 10.6 Å². The van der Waals surface area contributed by atoms with Crippen molar-refractivity contribution in [1.29, 1.82) is 0 Å². The van der Waals surface area contributed by atoms with Crippen molar-refractivity contribution in [2.75, 3.05) is 24.2 Å². The van der Waals surface area contributed by atoms with E-state index >= 15 is 0 Å². The smallest absolute Gasteiger partial charge is 0.135 e. The highest BCUT2D eigenvalue weighted by atomic mass is 15.1. The molecule has 16 heavy (non-hydrogen) atoms. The van der Waals surface area contributed by atoms with Crippen molar-refractivity contribution in [1.82, 2.24) is 9.97 Å². The summed E-state index contributed by atoms with van der Waals surface area (Å²) in [7, 11) is 1.89. The molecule has 0 atom stereocenters. The fourth-order valence-corrected chi connectivity index (χ4v) is 1.51. The number of nitrogens with zero attached hydrogens (tertiary/aromatic N) is 2. The summed E-state index contributed by atoms with van der Waals surface area (Å²) in [6.45, 7) is 5.26. The van der Waals surface area contributed by atoms with Gasteiger partial charge in [-0.05, 0) is 18.8 Å². The molecular weight excluding hydrogens is 200 g/mol. The lowest BCUT2D eigenvalue weighted by molar-refractivity contribution is 0.773. The van der Waals surface area contributed by atoms with Crippen molar-refractivity contribution in [3.63, 3.8) is 0 Å². The normalized spacial score (nSPS) is 15.2. The third kappa shape index (κ3) is 2.84. The number of anilines is 2. The van der Waals surface area contributed by atoms with Crippen LogP contribution in [0.1, 0.15) is 38.4 Å². The van der Waals surface area contributed by atoms with Gasteiger partial charge in [0.2, 0.25) is 0 Å². The predicted octanol–water partition coefficient (Wildman–Crippen LogP) is 2.46. The topological polar surface area (TPSA) is 49.8 Å². The van der Waals surface area contributed by atoms with Gasteiger partial charge in [0, 0.05) is 25.6 Å². The third-order valence-corrected chi connectivity index (χ3v) is 2.78. The summed E-state index contributed by atoms with van der Waals surface area (Å²) in [4.78, 5) is 8.95. The predicted molar refractivity (Wildman–Crippen MR) is 66.9 cm³/mol. The minimum atomic E-state index is 0.356. The van der Waals surface area contributed by atoms with Crippen LogP contribution in [0, 0.1) is 5.92 Å². The quantitative estimate of drug-likeness (QED) is 0.800. The van der Waals surface area contributed by atoms with E-state index in [9.17, 15) is 0 Å². The highest BCUT2D eigenvalue weighted by molar-refractivity contribution is 5.47. The van der Waals surface area contributed by atoms with Crippen molar-refractivity contribution in [3.05, 3.63) is 11.9 Å². The van der Waals surface area contributed by atoms with Crippen molar-refractivity contribution in [2.45, 2.75) is 32.6 Å². The monoisotopic (exact) mass is 220 g/mol. The second-order valence-electron chi connectivity index (χ2n) is 4.73. The molecule has 1 aromatic heterocycles. The minimum absolute atomic E-state index is 0.356. The van der Waals surface area contributed by atoms with Gasteiger partial charge in [0.15, 0.2) is 0 Å². The average Bonchev–Trinajstić information content (AvgIpc) is 3.09. The maximum atomic E-state index is 4.52. The Morgan fingerprint density at radius 3 is 2.56 bits per heavy atom. The Morgan fingerprint density at radius 2 is 2.00 bits per heavy atom. The van der Waals surface area contributed by atoms with Crippen LogP contribution in [0.5, 0.6) is 0 Å². The SMILES string of the molecule is CNc1cc(NCC2CC2)nc(C(C)C)n1. The van der Waals surface area contributed by atoms with Crippen LogP contribution in [-0.2, 0) is 0 Å². The first-order valence-corrected chi connectivity index (χ1v) is 5.99. The molecule has 1 heterocycles. The molecule has 1 aromatic rings. The number of aromatic nitrogens is 2. The second-order valence-corrected chi connectivity index (χ2v) is 4.73. The first-order chi connectivity index (χ1) is 7.69. The zero-order chi connectivity index (χ0) is 11.5. The van der Waals surface area contributed by atoms with Gasteiger partial charge in [-0.2, -0.15) is 0 Å². The number of nitrogens with one attached hydrogen (secondary N) is 2. The number of hydrogen-bond acceptors (Lipinski definition) is 4. The summed E-state index contributed by atoms with van der Waals surface area (Å²) >= 11 is 0. The van der Waals surface area contributed by atoms with Gasteiger partial charge in [0.25, 0.3) is 0 Å². The van der Waals surface area contributed by atoms with Gasteiger partial charge in [0.05, 0.1) is 0 Å². The molecule has 4 nitrogen and oxygen atoms in total. The molecule has 1 fully saturated rings. The summed E-state index contributed by atoms with van der Waals surface area (Å²) < 4.78 is 0. The van der Waals surface area contributed by atoms with Crippen LogP contribution in [-0.4, -0.2) is 23.6 Å². The van der Waals surface area contributed by atoms with Gasteiger partial charge in [-0.25, -0.2) is 9.97 Å². The van der Waals surface area contributed by atoms with E-state index in [1.165, 1.54) is 12.8 Å². The molecule has 0 aromatic carbocycles. The molecule has 4 heteroatoms. The van der Waals surface area contributed by atoms with Crippen molar-refractivity contribution < 1.29 is 0 Å². The zero-order valence-electron chi connectivity index (χ0n) is 10.2. The van der Waals surface area contributed by atoms with Crippen LogP contribution in [0.2, 0.25) is 0 Å². The summed E-state index contributed by atoms with van der Waals surface area (Å²) in [6.07, 6.45) is 2.71. The van der Waals surface area contributed by atoms with Gasteiger partial charge in [-0.15, -0.1) is 0 Å². The molecule has 0 aliphatic heterocycles. The third-order valence-electron chi connectivity index (χ3n) is 2.78. The molecule has 1 aliphatic carbocycles. The maximum Gasteiger partial charge on any atom is 0.135 e. The fourth-order valence-electron chi connectivity index (χ4n) is 1.51. The Balaban J connectivity index is 2.11. The number of hydrogen-bond donors (Lipinski definition) is 2. The van der Waals surface area contributed by atoms with E-state index in [0.29, 0.717) is 5.92 Å². The largest absolute Gasteiger partial charge is 0.373 e. The zero-order valence-corrected chi connectivity index (χ0v) is 10.2. The van der Waals surface area contributed by atoms with E-state index in [2.05, 4.69) is 34.4 Å². The van der Waals surface area contributed by atoms with Gasteiger partial charge in [0.1, 0.15) is 17.5 Å². The number of rotatable bonds is 5. The molecular formula is C12H20N4. The van der Waals surface area contributed by atoms with E-state index in [1.54, 1.807) is 0 Å². The van der Waals surface area contributed by atoms with Crippen LogP contribution < -0.4 is 10.6 Å². The standard InChI is InChI=1S/C12H20N4/c1-8(2)12-15-10(13-3)6-11(16-12)14-7-9-4-5-9/h6,8-9H,4-5,7H2,1-3H3,(H2,13,14,15,16). The molecule has 88 valence electrons. The average molecular weight is 220 g/mol. The van der Waals surface area contributed by atoms with Gasteiger partial charge >= 0.3 is 0 Å². The summed E-state index contributed by atoms with van der Waals surface area (Å²) in [5, 5.41) is 6.46. The highest BCUT2D eigenvalue weighted by Gasteiger charge is 2.21. The van der Waals surface area contributed by atoms with E-state index in [-0.39, 0.29) is 0 Å². The molecule has 0 amide bonds. The van der Waals surface area contributed by atoms with Crippen LogP contribution in [0.4, 0.5) is 11.6 Å². The van der Waals surface area contributed by atoms with Crippen molar-refractivity contribution >= 4 is 11.6 Å². The first kappa shape index (κ1) is 11.2. The minimum Gasteiger partial charge on any atom is -0.373 e. The molecule has 0 unspecified atom stereocenters. The molecule has 2 N–H and O–H groups in total. The Bertz CT molecular complexity index is 358. The lowest BCUT2D eigenvalue weighted by atomic mass is 10.2. The molecule has 0 bridgehead atoms. The molecule has 1 aliphatic rings. The Hall–Kier alpha value is -1.32. The Kier molecular flexibility index (Phi) is 3.27. The van der Waals surface area contributed by atoms with E-state index in [0.717, 1.165) is 29.9 Å². The summed E-state index contributed by atoms with van der Waals surface area (Å²) in [6, 6.07) is 1.97. The van der Waals surface area contributed by atoms with Gasteiger partial charge in [-0.3, -0.25) is 0 Å². The Morgan fingerprint density at radius 1 is 1.31 bits per heavy atom. The first-order valence-electron chi connectivity index (χ1n) is 5.99. The molecule has 0 spiro atoms. The molecule has 0 radical (unpaired) electrons. The van der Waals surface area contributed by atoms with Crippen molar-refractivity contribution in [2.24, 2.45) is 5.92 Å². The van der Waals surface area contributed by atoms with E-state index in [4.69, 9.17) is 0 Å². The fraction of sp³-hybridized carbons (Fsp3) is 0.667. The van der Waals surface area contributed by atoms with Crippen LogP contribution >= 0.6 is 0 Å². The van der Waals surface area contributed by atoms with Gasteiger partial charge in [-0.1, -0.05) is 13.8 Å². The van der Waals surface area contributed by atoms with Crippen molar-refractivity contribution in [3.8, 4) is 0 Å². The summed E-state index contributed by atoms with van der Waals surface area (Å²) in [5.41, 5.74) is 0. The van der Waals surface area contributed by atoms with E-state index in [1.807, 2.05) is 13.1 Å².